The summed E-state index contributed by atoms with van der Waals surface area (Å²) < 4.78 is 13.2. The molecule has 216 valence electrons. The second kappa shape index (κ2) is 9.47. The van der Waals surface area contributed by atoms with E-state index in [0.29, 0.717) is 0 Å². The van der Waals surface area contributed by atoms with Crippen molar-refractivity contribution >= 4 is 33.3 Å². The van der Waals surface area contributed by atoms with Gasteiger partial charge in [0.25, 0.3) is 0 Å². The largest absolute Gasteiger partial charge is 0.457 e. The van der Waals surface area contributed by atoms with Gasteiger partial charge in [-0.15, -0.1) is 0 Å². The fraction of sp³-hybridized carbons (Fsp3) is 0.0233. The SMILES string of the molecule is c1ccc(-c2cc(Nc3ccc4c(c3)Oc3ccccc3C43c4ccccc4-c4ccccc43)c3oc4ccccc4c3c2)cc1. The van der Waals surface area contributed by atoms with Crippen LogP contribution in [-0.4, -0.2) is 0 Å². The molecule has 3 nitrogen and oxygen atoms in total. The third-order valence-corrected chi connectivity index (χ3v) is 9.71. The number of benzene rings is 7. The molecule has 0 atom stereocenters. The highest BCUT2D eigenvalue weighted by Gasteiger charge is 2.50. The van der Waals surface area contributed by atoms with E-state index in [4.69, 9.17) is 9.15 Å². The van der Waals surface area contributed by atoms with Crippen molar-refractivity contribution in [2.45, 2.75) is 5.41 Å². The molecular formula is C43H27NO2. The summed E-state index contributed by atoms with van der Waals surface area (Å²) in [5.74, 6) is 1.72. The third kappa shape index (κ3) is 3.43. The van der Waals surface area contributed by atoms with Gasteiger partial charge in [-0.3, -0.25) is 0 Å². The number of hydrogen-bond donors (Lipinski definition) is 1. The first-order valence-electron chi connectivity index (χ1n) is 15.7. The molecule has 0 radical (unpaired) electrons. The van der Waals surface area contributed by atoms with Crippen LogP contribution in [0, 0.1) is 0 Å². The van der Waals surface area contributed by atoms with Crippen molar-refractivity contribution in [3.63, 3.8) is 0 Å². The Bertz CT molecular complexity index is 2440. The van der Waals surface area contributed by atoms with Gasteiger partial charge >= 0.3 is 0 Å². The Hall–Kier alpha value is -6.06. The minimum atomic E-state index is -0.477. The molecule has 0 amide bonds. The number of anilines is 2. The van der Waals surface area contributed by atoms with E-state index in [2.05, 4.69) is 145 Å². The highest BCUT2D eigenvalue weighted by molar-refractivity contribution is 6.11. The van der Waals surface area contributed by atoms with Crippen molar-refractivity contribution < 1.29 is 9.15 Å². The molecule has 0 saturated heterocycles. The molecule has 1 aliphatic carbocycles. The predicted octanol–water partition coefficient (Wildman–Crippen LogP) is 11.5. The smallest absolute Gasteiger partial charge is 0.158 e. The quantitative estimate of drug-likeness (QED) is 0.223. The average molecular weight is 590 g/mol. The van der Waals surface area contributed by atoms with Crippen molar-refractivity contribution in [2.24, 2.45) is 0 Å². The van der Waals surface area contributed by atoms with E-state index >= 15 is 0 Å². The predicted molar refractivity (Wildman–Crippen MR) is 186 cm³/mol. The lowest BCUT2D eigenvalue weighted by Crippen LogP contribution is -2.32. The highest BCUT2D eigenvalue weighted by atomic mass is 16.5. The number of fused-ring (bicyclic) bond motifs is 12. The van der Waals surface area contributed by atoms with Crippen LogP contribution in [0.5, 0.6) is 11.5 Å². The fourth-order valence-corrected chi connectivity index (χ4v) is 7.81. The first-order chi connectivity index (χ1) is 22.8. The lowest BCUT2D eigenvalue weighted by atomic mass is 9.66. The van der Waals surface area contributed by atoms with Crippen molar-refractivity contribution in [3.8, 4) is 33.8 Å². The van der Waals surface area contributed by atoms with Gasteiger partial charge in [0, 0.05) is 33.7 Å². The molecule has 2 heterocycles. The fourth-order valence-electron chi connectivity index (χ4n) is 7.81. The normalized spacial score (nSPS) is 13.6. The number of furan rings is 1. The lowest BCUT2D eigenvalue weighted by Gasteiger charge is -2.39. The zero-order valence-electron chi connectivity index (χ0n) is 24.8. The van der Waals surface area contributed by atoms with Crippen LogP contribution in [0.1, 0.15) is 22.3 Å². The molecule has 0 unspecified atom stereocenters. The molecule has 1 aliphatic heterocycles. The Labute approximate surface area is 266 Å². The third-order valence-electron chi connectivity index (χ3n) is 9.71. The summed E-state index contributed by atoms with van der Waals surface area (Å²) >= 11 is 0. The van der Waals surface area contributed by atoms with E-state index in [1.807, 2.05) is 18.2 Å². The molecule has 0 saturated carbocycles. The highest BCUT2D eigenvalue weighted by Crippen LogP contribution is 2.62. The Balaban J connectivity index is 1.17. The number of para-hydroxylation sites is 2. The van der Waals surface area contributed by atoms with Gasteiger partial charge in [-0.2, -0.15) is 0 Å². The topological polar surface area (TPSA) is 34.4 Å². The maximum absolute atomic E-state index is 6.74. The summed E-state index contributed by atoms with van der Waals surface area (Å²) in [7, 11) is 0. The molecule has 0 fully saturated rings. The molecule has 3 heteroatoms. The van der Waals surface area contributed by atoms with Gasteiger partial charge in [0.05, 0.1) is 11.1 Å². The van der Waals surface area contributed by atoms with Crippen molar-refractivity contribution in [2.75, 3.05) is 5.32 Å². The zero-order chi connectivity index (χ0) is 30.2. The zero-order valence-corrected chi connectivity index (χ0v) is 24.8. The van der Waals surface area contributed by atoms with Crippen LogP contribution in [0.25, 0.3) is 44.2 Å². The Morgan fingerprint density at radius 2 is 1.11 bits per heavy atom. The number of hydrogen-bond acceptors (Lipinski definition) is 3. The van der Waals surface area contributed by atoms with E-state index < -0.39 is 5.41 Å². The van der Waals surface area contributed by atoms with Gasteiger partial charge in [0.2, 0.25) is 0 Å². The molecule has 2 aliphatic rings. The lowest BCUT2D eigenvalue weighted by molar-refractivity contribution is 0.436. The standard InChI is InChI=1S/C43H27NO2/c1-2-12-27(13-3-1)28-24-33-32-16-6-10-20-39(32)46-42(33)38(25-28)44-29-22-23-37-41(26-29)45-40-21-11-9-19-36(40)43(37)34-17-7-4-14-30(34)31-15-5-8-18-35(31)43/h1-26,44H. The van der Waals surface area contributed by atoms with Crippen LogP contribution in [0.15, 0.2) is 162 Å². The van der Waals surface area contributed by atoms with Gasteiger partial charge in [0.15, 0.2) is 5.58 Å². The van der Waals surface area contributed by atoms with E-state index in [1.165, 1.54) is 27.8 Å². The van der Waals surface area contributed by atoms with Crippen molar-refractivity contribution in [3.05, 3.63) is 180 Å². The van der Waals surface area contributed by atoms with Gasteiger partial charge in [-0.25, -0.2) is 0 Å². The van der Waals surface area contributed by atoms with Gasteiger partial charge < -0.3 is 14.5 Å². The summed E-state index contributed by atoms with van der Waals surface area (Å²) in [6.07, 6.45) is 0. The number of rotatable bonds is 3. The number of ether oxygens (including phenoxy) is 1. The van der Waals surface area contributed by atoms with E-state index in [1.54, 1.807) is 0 Å². The maximum atomic E-state index is 6.74. The van der Waals surface area contributed by atoms with E-state index in [9.17, 15) is 0 Å². The first kappa shape index (κ1) is 25.3. The van der Waals surface area contributed by atoms with Gasteiger partial charge in [-0.1, -0.05) is 121 Å². The Morgan fingerprint density at radius 3 is 1.91 bits per heavy atom. The summed E-state index contributed by atoms with van der Waals surface area (Å²) in [5, 5.41) is 5.92. The molecule has 1 spiro atoms. The van der Waals surface area contributed by atoms with Crippen LogP contribution in [0.4, 0.5) is 11.4 Å². The minimum absolute atomic E-state index is 0.477. The maximum Gasteiger partial charge on any atom is 0.158 e. The minimum Gasteiger partial charge on any atom is -0.457 e. The Kier molecular flexibility index (Phi) is 5.20. The van der Waals surface area contributed by atoms with Crippen LogP contribution >= 0.6 is 0 Å². The van der Waals surface area contributed by atoms with E-state index in [0.717, 1.165) is 61.5 Å². The van der Waals surface area contributed by atoms with Crippen LogP contribution in [0.3, 0.4) is 0 Å². The van der Waals surface area contributed by atoms with Crippen LogP contribution in [-0.2, 0) is 5.41 Å². The molecular weight excluding hydrogens is 562 g/mol. The van der Waals surface area contributed by atoms with Gasteiger partial charge in [0.1, 0.15) is 17.1 Å². The molecule has 1 aromatic heterocycles. The molecule has 0 bridgehead atoms. The monoisotopic (exact) mass is 589 g/mol. The first-order valence-corrected chi connectivity index (χ1v) is 15.7. The molecule has 10 rings (SSSR count). The van der Waals surface area contributed by atoms with Crippen LogP contribution in [0.2, 0.25) is 0 Å². The Morgan fingerprint density at radius 1 is 0.457 bits per heavy atom. The molecule has 8 aromatic rings. The van der Waals surface area contributed by atoms with Crippen molar-refractivity contribution in [1.29, 1.82) is 0 Å². The number of nitrogens with one attached hydrogen (secondary N) is 1. The summed E-state index contributed by atoms with van der Waals surface area (Å²) in [4.78, 5) is 0. The molecule has 1 N–H and O–H groups in total. The van der Waals surface area contributed by atoms with Crippen molar-refractivity contribution in [1.82, 2.24) is 0 Å². The second-order valence-electron chi connectivity index (χ2n) is 12.1. The average Bonchev–Trinajstić information content (AvgIpc) is 3.63. The second-order valence-corrected chi connectivity index (χ2v) is 12.1. The molecule has 7 aromatic carbocycles. The summed E-state index contributed by atoms with van der Waals surface area (Å²) in [6.45, 7) is 0. The molecule has 46 heavy (non-hydrogen) atoms. The van der Waals surface area contributed by atoms with Crippen LogP contribution < -0.4 is 10.1 Å². The summed E-state index contributed by atoms with van der Waals surface area (Å²) in [6, 6.07) is 55.8. The van der Waals surface area contributed by atoms with Gasteiger partial charge in [-0.05, 0) is 63.7 Å². The summed E-state index contributed by atoms with van der Waals surface area (Å²) in [5.41, 5.74) is 12.8. The van der Waals surface area contributed by atoms with E-state index in [-0.39, 0.29) is 0 Å².